The molecule has 0 heterocycles. The fourth-order valence-electron chi connectivity index (χ4n) is 3.38. The van der Waals surface area contributed by atoms with Crippen LogP contribution in [0, 0.1) is 11.8 Å². The first kappa shape index (κ1) is 17.8. The van der Waals surface area contributed by atoms with E-state index in [0.717, 1.165) is 51.4 Å². The van der Waals surface area contributed by atoms with Crippen LogP contribution in [0.4, 0.5) is 8.78 Å². The molecule has 0 bridgehead atoms. The van der Waals surface area contributed by atoms with Crippen LogP contribution >= 0.6 is 24.4 Å². The van der Waals surface area contributed by atoms with Crippen LogP contribution in [-0.4, -0.2) is 29.0 Å². The maximum Gasteiger partial charge on any atom is 0.154 e. The van der Waals surface area contributed by atoms with E-state index in [4.69, 9.17) is 5.73 Å². The van der Waals surface area contributed by atoms with Gasteiger partial charge in [-0.1, -0.05) is 0 Å². The molecule has 6 heteroatoms. The Morgan fingerprint density at radius 3 is 2.14 bits per heavy atom. The molecular formula is C15H28F2N2S2. The maximum atomic E-state index is 14.1. The van der Waals surface area contributed by atoms with Gasteiger partial charge in [0.1, 0.15) is 0 Å². The third-order valence-electron chi connectivity index (χ3n) is 4.92. The third-order valence-corrected chi connectivity index (χ3v) is 6.71. The topological polar surface area (TPSA) is 38.0 Å². The van der Waals surface area contributed by atoms with Crippen LogP contribution in [0.1, 0.15) is 51.4 Å². The van der Waals surface area contributed by atoms with Crippen LogP contribution in [-0.2, 0) is 0 Å². The molecule has 0 saturated heterocycles. The van der Waals surface area contributed by atoms with Crippen LogP contribution in [0.2, 0.25) is 0 Å². The summed E-state index contributed by atoms with van der Waals surface area (Å²) in [5, 5.41) is 4.00. The van der Waals surface area contributed by atoms with Gasteiger partial charge in [-0.15, -0.1) is 11.8 Å². The fraction of sp³-hybridized carbons (Fsp3) is 1.00. The molecule has 2 aliphatic carbocycles. The van der Waals surface area contributed by atoms with Crippen molar-refractivity contribution in [2.75, 3.05) is 5.88 Å². The second-order valence-electron chi connectivity index (χ2n) is 6.47. The van der Waals surface area contributed by atoms with E-state index in [1.165, 1.54) is 0 Å². The average Bonchev–Trinajstić information content (AvgIpc) is 2.48. The predicted molar refractivity (Wildman–Crippen MR) is 90.1 cm³/mol. The number of nitrogens with one attached hydrogen (secondary N) is 1. The molecule has 0 aromatic rings. The summed E-state index contributed by atoms with van der Waals surface area (Å²) in [7, 11) is 0. The SMILES string of the molecule is NC(F)C1CCC(SCNC(F)C2CCC(S)CC2)CC1. The van der Waals surface area contributed by atoms with Crippen LogP contribution in [0.5, 0.6) is 0 Å². The van der Waals surface area contributed by atoms with Gasteiger partial charge in [0.25, 0.3) is 0 Å². The summed E-state index contributed by atoms with van der Waals surface area (Å²) < 4.78 is 27.1. The second kappa shape index (κ2) is 8.94. The average molecular weight is 339 g/mol. The molecule has 0 aliphatic heterocycles. The summed E-state index contributed by atoms with van der Waals surface area (Å²) in [6.07, 6.45) is 5.57. The Bertz CT molecular complexity index is 291. The van der Waals surface area contributed by atoms with Gasteiger partial charge in [-0.05, 0) is 51.4 Å². The highest BCUT2D eigenvalue weighted by Gasteiger charge is 2.28. The van der Waals surface area contributed by atoms with Crippen LogP contribution in [0.25, 0.3) is 0 Å². The number of thioether (sulfide) groups is 1. The highest BCUT2D eigenvalue weighted by Crippen LogP contribution is 2.34. The first-order valence-corrected chi connectivity index (χ1v) is 9.69. The van der Waals surface area contributed by atoms with Crippen molar-refractivity contribution in [2.45, 2.75) is 74.5 Å². The summed E-state index contributed by atoms with van der Waals surface area (Å²) >= 11 is 6.22. The smallest absolute Gasteiger partial charge is 0.154 e. The number of hydrogen-bond donors (Lipinski definition) is 3. The van der Waals surface area contributed by atoms with Crippen molar-refractivity contribution in [3.05, 3.63) is 0 Å². The quantitative estimate of drug-likeness (QED) is 0.391. The highest BCUT2D eigenvalue weighted by molar-refractivity contribution is 7.99. The lowest BCUT2D eigenvalue weighted by molar-refractivity contribution is 0.155. The zero-order chi connectivity index (χ0) is 15.2. The van der Waals surface area contributed by atoms with Gasteiger partial charge in [-0.3, -0.25) is 5.32 Å². The van der Waals surface area contributed by atoms with Gasteiger partial charge < -0.3 is 5.73 Å². The molecule has 21 heavy (non-hydrogen) atoms. The van der Waals surface area contributed by atoms with Crippen molar-refractivity contribution in [3.63, 3.8) is 0 Å². The number of alkyl halides is 2. The summed E-state index contributed by atoms with van der Waals surface area (Å²) in [4.78, 5) is 0. The number of hydrogen-bond acceptors (Lipinski definition) is 4. The Kier molecular flexibility index (Phi) is 7.59. The molecule has 0 aromatic heterocycles. The van der Waals surface area contributed by atoms with Gasteiger partial charge in [0, 0.05) is 28.2 Å². The molecule has 124 valence electrons. The second-order valence-corrected chi connectivity index (χ2v) is 8.49. The van der Waals surface area contributed by atoms with E-state index in [1.807, 2.05) is 0 Å². The third kappa shape index (κ3) is 5.88. The van der Waals surface area contributed by atoms with Gasteiger partial charge in [-0.2, -0.15) is 12.6 Å². The molecule has 2 saturated carbocycles. The number of rotatable bonds is 6. The van der Waals surface area contributed by atoms with E-state index in [2.05, 4.69) is 17.9 Å². The standard InChI is InChI=1S/C15H28F2N2S2/c16-14(18)10-3-7-13(8-4-10)21-9-19-15(17)11-1-5-12(20)6-2-11/h10-15,19-20H,1-9,18H2. The lowest BCUT2D eigenvalue weighted by Crippen LogP contribution is -2.35. The molecule has 0 aromatic carbocycles. The van der Waals surface area contributed by atoms with Crippen LogP contribution in [0.15, 0.2) is 0 Å². The van der Waals surface area contributed by atoms with Crippen molar-refractivity contribution < 1.29 is 8.78 Å². The largest absolute Gasteiger partial charge is 0.302 e. The van der Waals surface area contributed by atoms with E-state index in [0.29, 0.717) is 16.4 Å². The molecule has 0 amide bonds. The molecule has 2 atom stereocenters. The van der Waals surface area contributed by atoms with Gasteiger partial charge >= 0.3 is 0 Å². The van der Waals surface area contributed by atoms with Crippen molar-refractivity contribution in [2.24, 2.45) is 17.6 Å². The summed E-state index contributed by atoms with van der Waals surface area (Å²) in [6.45, 7) is 0. The molecule has 2 fully saturated rings. The van der Waals surface area contributed by atoms with Gasteiger partial charge in [-0.25, -0.2) is 8.78 Å². The lowest BCUT2D eigenvalue weighted by atomic mass is 9.88. The minimum atomic E-state index is -1.17. The maximum absolute atomic E-state index is 14.1. The van der Waals surface area contributed by atoms with Gasteiger partial charge in [0.2, 0.25) is 0 Å². The zero-order valence-corrected chi connectivity index (χ0v) is 14.2. The Balaban J connectivity index is 1.57. The fourth-order valence-corrected chi connectivity index (χ4v) is 4.78. The Hall–Kier alpha value is 0.480. The highest BCUT2D eigenvalue weighted by atomic mass is 32.2. The molecular weight excluding hydrogens is 310 g/mol. The monoisotopic (exact) mass is 338 g/mol. The molecule has 0 spiro atoms. The number of nitrogens with two attached hydrogens (primary N) is 1. The lowest BCUT2D eigenvalue weighted by Gasteiger charge is -2.30. The van der Waals surface area contributed by atoms with Crippen LogP contribution in [0.3, 0.4) is 0 Å². The van der Waals surface area contributed by atoms with Crippen molar-refractivity contribution in [1.82, 2.24) is 5.32 Å². The molecule has 2 nitrogen and oxygen atoms in total. The van der Waals surface area contributed by atoms with Crippen molar-refractivity contribution in [1.29, 1.82) is 0 Å². The van der Waals surface area contributed by atoms with Gasteiger partial charge in [0.15, 0.2) is 12.6 Å². The first-order chi connectivity index (χ1) is 10.1. The molecule has 3 N–H and O–H groups in total. The van der Waals surface area contributed by atoms with Crippen molar-refractivity contribution >= 4 is 24.4 Å². The Morgan fingerprint density at radius 1 is 1.00 bits per heavy atom. The Labute approximate surface area is 136 Å². The molecule has 2 aliphatic rings. The van der Waals surface area contributed by atoms with Crippen LogP contribution < -0.4 is 11.1 Å². The normalized spacial score (nSPS) is 37.1. The number of halogens is 2. The Morgan fingerprint density at radius 2 is 1.57 bits per heavy atom. The van der Waals surface area contributed by atoms with E-state index < -0.39 is 12.6 Å². The molecule has 2 rings (SSSR count). The zero-order valence-electron chi connectivity index (χ0n) is 12.5. The van der Waals surface area contributed by atoms with E-state index in [-0.39, 0.29) is 11.8 Å². The van der Waals surface area contributed by atoms with Crippen molar-refractivity contribution in [3.8, 4) is 0 Å². The summed E-state index contributed by atoms with van der Waals surface area (Å²) in [6, 6.07) is 0. The first-order valence-electron chi connectivity index (χ1n) is 8.13. The van der Waals surface area contributed by atoms with E-state index >= 15 is 0 Å². The minimum Gasteiger partial charge on any atom is -0.302 e. The molecule has 0 radical (unpaired) electrons. The molecule has 2 unspecified atom stereocenters. The van der Waals surface area contributed by atoms with Gasteiger partial charge in [0.05, 0.1) is 0 Å². The minimum absolute atomic E-state index is 0.0279. The summed E-state index contributed by atoms with van der Waals surface area (Å²) in [5.74, 6) is 0.827. The summed E-state index contributed by atoms with van der Waals surface area (Å²) in [5.41, 5.74) is 5.30. The van der Waals surface area contributed by atoms with E-state index in [9.17, 15) is 8.78 Å². The predicted octanol–water partition coefficient (Wildman–Crippen LogP) is 3.86. The van der Waals surface area contributed by atoms with E-state index in [1.54, 1.807) is 11.8 Å². The number of thiol groups is 1.